The van der Waals surface area contributed by atoms with Gasteiger partial charge in [-0.15, -0.1) is 11.3 Å². The third-order valence-corrected chi connectivity index (χ3v) is 3.97. The van der Waals surface area contributed by atoms with Crippen molar-refractivity contribution in [2.45, 2.75) is 27.2 Å². The van der Waals surface area contributed by atoms with Gasteiger partial charge in [0.05, 0.1) is 12.0 Å². The van der Waals surface area contributed by atoms with Crippen LogP contribution in [0.3, 0.4) is 0 Å². The molecule has 0 fully saturated rings. The van der Waals surface area contributed by atoms with Crippen LogP contribution in [0.25, 0.3) is 10.2 Å². The van der Waals surface area contributed by atoms with Gasteiger partial charge in [0, 0.05) is 18.0 Å². The van der Waals surface area contributed by atoms with E-state index in [1.165, 1.54) is 4.88 Å². The Balaban J connectivity index is 1.94. The molecule has 0 amide bonds. The van der Waals surface area contributed by atoms with E-state index < -0.39 is 0 Å². The predicted octanol–water partition coefficient (Wildman–Crippen LogP) is 2.76. The second kappa shape index (κ2) is 7.53. The number of aryl methyl sites for hydroxylation is 1. The number of anilines is 2. The van der Waals surface area contributed by atoms with Crippen LogP contribution < -0.4 is 16.6 Å². The number of nitrogen functional groups attached to an aromatic ring is 1. The monoisotopic (exact) mass is 309 g/mol. The normalized spacial score (nSPS) is 11.3. The summed E-state index contributed by atoms with van der Waals surface area (Å²) in [5, 5.41) is 4.33. The summed E-state index contributed by atoms with van der Waals surface area (Å²) in [6, 6.07) is 2.09. The number of hydrazine groups is 1. The molecule has 7 heteroatoms. The highest BCUT2D eigenvalue weighted by Gasteiger charge is 2.09. The molecule has 2 aromatic heterocycles. The number of hydrogen-bond donors (Lipinski definition) is 3. The van der Waals surface area contributed by atoms with Crippen LogP contribution >= 0.6 is 11.3 Å². The lowest BCUT2D eigenvalue weighted by Crippen LogP contribution is -2.14. The molecule has 2 heterocycles. The standard InChI is InChI=1S/C14H23N5OS/c1-9(2)4-6-20-7-5-16-12-11-8-10(3)21-13(11)18-14(17-12)19-15/h8-9H,4-7,15H2,1-3H3,(H2,16,17,18,19). The highest BCUT2D eigenvalue weighted by atomic mass is 32.1. The average Bonchev–Trinajstić information content (AvgIpc) is 2.82. The number of aromatic nitrogens is 2. The molecule has 0 aliphatic rings. The molecule has 4 N–H and O–H groups in total. The minimum Gasteiger partial charge on any atom is -0.380 e. The quantitative estimate of drug-likeness (QED) is 0.395. The van der Waals surface area contributed by atoms with Gasteiger partial charge in [0.25, 0.3) is 0 Å². The minimum atomic E-state index is 0.424. The van der Waals surface area contributed by atoms with Crippen molar-refractivity contribution >= 4 is 33.3 Å². The number of rotatable bonds is 8. The van der Waals surface area contributed by atoms with Crippen molar-refractivity contribution in [3.63, 3.8) is 0 Å². The van der Waals surface area contributed by atoms with E-state index in [0.717, 1.165) is 29.1 Å². The van der Waals surface area contributed by atoms with Gasteiger partial charge in [0.1, 0.15) is 10.6 Å². The van der Waals surface area contributed by atoms with Gasteiger partial charge in [-0.3, -0.25) is 5.43 Å². The molecule has 0 saturated carbocycles. The topological polar surface area (TPSA) is 85.1 Å². The molecule has 6 nitrogen and oxygen atoms in total. The Kier molecular flexibility index (Phi) is 5.72. The van der Waals surface area contributed by atoms with Gasteiger partial charge < -0.3 is 10.1 Å². The fourth-order valence-corrected chi connectivity index (χ4v) is 2.78. The minimum absolute atomic E-state index is 0.424. The molecule has 0 aliphatic heterocycles. The number of ether oxygens (including phenoxy) is 1. The number of nitrogens with two attached hydrogens (primary N) is 1. The van der Waals surface area contributed by atoms with Crippen molar-refractivity contribution < 1.29 is 4.74 Å². The first-order chi connectivity index (χ1) is 10.1. The Labute approximate surface area is 129 Å². The van der Waals surface area contributed by atoms with Crippen LogP contribution in [0, 0.1) is 12.8 Å². The smallest absolute Gasteiger partial charge is 0.240 e. The first-order valence-corrected chi connectivity index (χ1v) is 7.98. The maximum absolute atomic E-state index is 5.60. The van der Waals surface area contributed by atoms with Crippen LogP contribution in [-0.4, -0.2) is 29.7 Å². The zero-order chi connectivity index (χ0) is 15.2. The summed E-state index contributed by atoms with van der Waals surface area (Å²) in [6.45, 7) is 8.61. The van der Waals surface area contributed by atoms with Gasteiger partial charge in [0.15, 0.2) is 0 Å². The van der Waals surface area contributed by atoms with Crippen molar-refractivity contribution in [3.05, 3.63) is 10.9 Å². The predicted molar refractivity (Wildman–Crippen MR) is 88.7 cm³/mol. The zero-order valence-corrected chi connectivity index (χ0v) is 13.6. The zero-order valence-electron chi connectivity index (χ0n) is 12.8. The van der Waals surface area contributed by atoms with Gasteiger partial charge >= 0.3 is 0 Å². The highest BCUT2D eigenvalue weighted by molar-refractivity contribution is 7.18. The van der Waals surface area contributed by atoms with E-state index in [0.29, 0.717) is 25.0 Å². The van der Waals surface area contributed by atoms with Crippen LogP contribution in [0.5, 0.6) is 0 Å². The van der Waals surface area contributed by atoms with E-state index in [4.69, 9.17) is 10.6 Å². The summed E-state index contributed by atoms with van der Waals surface area (Å²) in [5.41, 5.74) is 2.51. The number of thiophene rings is 1. The lowest BCUT2D eigenvalue weighted by molar-refractivity contribution is 0.132. The fourth-order valence-electron chi connectivity index (χ4n) is 1.90. The van der Waals surface area contributed by atoms with Crippen molar-refractivity contribution in [2.75, 3.05) is 30.5 Å². The summed E-state index contributed by atoms with van der Waals surface area (Å²) in [6.07, 6.45) is 1.09. The van der Waals surface area contributed by atoms with E-state index in [9.17, 15) is 0 Å². The molecule has 2 rings (SSSR count). The maximum atomic E-state index is 5.60. The first kappa shape index (κ1) is 15.9. The number of nitrogens with one attached hydrogen (secondary N) is 2. The van der Waals surface area contributed by atoms with Gasteiger partial charge in [-0.2, -0.15) is 4.98 Å². The number of nitrogens with zero attached hydrogens (tertiary/aromatic N) is 2. The van der Waals surface area contributed by atoms with E-state index in [1.807, 2.05) is 0 Å². The summed E-state index contributed by atoms with van der Waals surface area (Å²) < 4.78 is 5.60. The third-order valence-electron chi connectivity index (χ3n) is 3.02. The SMILES string of the molecule is Cc1cc2c(NCCOCCC(C)C)nc(NN)nc2s1. The summed E-state index contributed by atoms with van der Waals surface area (Å²) in [4.78, 5) is 10.9. The largest absolute Gasteiger partial charge is 0.380 e. The van der Waals surface area contributed by atoms with Gasteiger partial charge in [0.2, 0.25) is 5.95 Å². The summed E-state index contributed by atoms with van der Waals surface area (Å²) in [7, 11) is 0. The molecule has 0 radical (unpaired) electrons. The lowest BCUT2D eigenvalue weighted by Gasteiger charge is -2.09. The van der Waals surface area contributed by atoms with Crippen LogP contribution in [0.1, 0.15) is 25.1 Å². The Hall–Kier alpha value is -1.44. The van der Waals surface area contributed by atoms with Gasteiger partial charge in [-0.05, 0) is 25.3 Å². The molecular weight excluding hydrogens is 286 g/mol. The molecule has 0 atom stereocenters. The van der Waals surface area contributed by atoms with Gasteiger partial charge in [-0.1, -0.05) is 13.8 Å². The van der Waals surface area contributed by atoms with Crippen LogP contribution in [0.4, 0.5) is 11.8 Å². The number of fused-ring (bicyclic) bond motifs is 1. The van der Waals surface area contributed by atoms with Crippen molar-refractivity contribution in [1.29, 1.82) is 0 Å². The summed E-state index contributed by atoms with van der Waals surface area (Å²) >= 11 is 1.63. The van der Waals surface area contributed by atoms with E-state index >= 15 is 0 Å². The second-order valence-electron chi connectivity index (χ2n) is 5.34. The highest BCUT2D eigenvalue weighted by Crippen LogP contribution is 2.29. The average molecular weight is 309 g/mol. The molecule has 21 heavy (non-hydrogen) atoms. The van der Waals surface area contributed by atoms with E-state index in [-0.39, 0.29) is 0 Å². The molecule has 0 saturated heterocycles. The molecule has 0 bridgehead atoms. The molecule has 0 aromatic carbocycles. The summed E-state index contributed by atoms with van der Waals surface area (Å²) in [5.74, 6) is 7.31. The molecular formula is C14H23N5OS. The maximum Gasteiger partial charge on any atom is 0.240 e. The third kappa shape index (κ3) is 4.52. The van der Waals surface area contributed by atoms with Crippen LogP contribution in [0.15, 0.2) is 6.07 Å². The van der Waals surface area contributed by atoms with E-state index in [2.05, 4.69) is 47.5 Å². The van der Waals surface area contributed by atoms with Crippen molar-refractivity contribution in [1.82, 2.24) is 9.97 Å². The van der Waals surface area contributed by atoms with Crippen LogP contribution in [-0.2, 0) is 4.74 Å². The molecule has 0 aliphatic carbocycles. The lowest BCUT2D eigenvalue weighted by atomic mass is 10.1. The second-order valence-corrected chi connectivity index (χ2v) is 6.57. The Bertz CT molecular complexity index is 584. The number of hydrogen-bond acceptors (Lipinski definition) is 7. The van der Waals surface area contributed by atoms with Crippen LogP contribution in [0.2, 0.25) is 0 Å². The Morgan fingerprint density at radius 1 is 1.33 bits per heavy atom. The fraction of sp³-hybridized carbons (Fsp3) is 0.571. The van der Waals surface area contributed by atoms with E-state index in [1.54, 1.807) is 11.3 Å². The van der Waals surface area contributed by atoms with Crippen molar-refractivity contribution in [2.24, 2.45) is 11.8 Å². The Morgan fingerprint density at radius 3 is 2.86 bits per heavy atom. The molecule has 116 valence electrons. The Morgan fingerprint density at radius 2 is 2.14 bits per heavy atom. The molecule has 0 unspecified atom stereocenters. The van der Waals surface area contributed by atoms with Gasteiger partial charge in [-0.25, -0.2) is 10.8 Å². The van der Waals surface area contributed by atoms with Crippen molar-refractivity contribution in [3.8, 4) is 0 Å². The first-order valence-electron chi connectivity index (χ1n) is 7.16. The molecule has 0 spiro atoms. The molecule has 2 aromatic rings.